The molecule has 2 N–H and O–H groups in total. The molecule has 0 fully saturated rings. The first kappa shape index (κ1) is 9.51. The molecule has 78 valence electrons. The van der Waals surface area contributed by atoms with E-state index in [2.05, 4.69) is 10.1 Å². The molecular weight excluding hydrogens is 192 g/mol. The van der Waals surface area contributed by atoms with Crippen LogP contribution in [-0.2, 0) is 0 Å². The van der Waals surface area contributed by atoms with Gasteiger partial charge in [0.15, 0.2) is 0 Å². The van der Waals surface area contributed by atoms with Crippen molar-refractivity contribution in [1.82, 2.24) is 14.8 Å². The highest BCUT2D eigenvalue weighted by atomic mass is 16.5. The number of hydrogen-bond donors (Lipinski definition) is 1. The molecule has 2 aromatic rings. The molecule has 0 atom stereocenters. The van der Waals surface area contributed by atoms with E-state index in [1.807, 2.05) is 31.2 Å². The average molecular weight is 204 g/mol. The van der Waals surface area contributed by atoms with Crippen molar-refractivity contribution in [3.8, 4) is 11.4 Å². The average Bonchev–Trinajstić information content (AvgIpc) is 2.58. The van der Waals surface area contributed by atoms with Crippen LogP contribution in [0.2, 0.25) is 0 Å². The van der Waals surface area contributed by atoms with Crippen LogP contribution in [0.3, 0.4) is 0 Å². The third-order valence-electron chi connectivity index (χ3n) is 2.10. The van der Waals surface area contributed by atoms with Gasteiger partial charge in [-0.3, -0.25) is 0 Å². The Hall–Kier alpha value is -2.04. The minimum absolute atomic E-state index is 0.281. The summed E-state index contributed by atoms with van der Waals surface area (Å²) in [4.78, 5) is 4.03. The molecule has 0 unspecified atom stereocenters. The fourth-order valence-corrected chi connectivity index (χ4v) is 1.38. The molecule has 0 aliphatic heterocycles. The van der Waals surface area contributed by atoms with Gasteiger partial charge in [-0.05, 0) is 31.2 Å². The van der Waals surface area contributed by atoms with Crippen LogP contribution in [0.4, 0.5) is 5.95 Å². The van der Waals surface area contributed by atoms with Crippen LogP contribution in [0.15, 0.2) is 24.3 Å². The number of hydrogen-bond acceptors (Lipinski definition) is 4. The molecule has 0 spiro atoms. The van der Waals surface area contributed by atoms with Gasteiger partial charge in [0.25, 0.3) is 0 Å². The van der Waals surface area contributed by atoms with Crippen molar-refractivity contribution < 1.29 is 4.74 Å². The molecule has 0 radical (unpaired) electrons. The van der Waals surface area contributed by atoms with Gasteiger partial charge in [0.1, 0.15) is 11.6 Å². The van der Waals surface area contributed by atoms with Crippen molar-refractivity contribution in [3.05, 3.63) is 30.1 Å². The first-order valence-electron chi connectivity index (χ1n) is 4.54. The number of ether oxygens (including phenoxy) is 1. The summed E-state index contributed by atoms with van der Waals surface area (Å²) in [5.41, 5.74) is 6.42. The number of anilines is 1. The van der Waals surface area contributed by atoms with Crippen LogP contribution in [0.5, 0.6) is 5.75 Å². The monoisotopic (exact) mass is 204 g/mol. The van der Waals surface area contributed by atoms with Crippen molar-refractivity contribution in [2.45, 2.75) is 6.92 Å². The van der Waals surface area contributed by atoms with Crippen LogP contribution < -0.4 is 10.5 Å². The van der Waals surface area contributed by atoms with Crippen LogP contribution in [0, 0.1) is 6.92 Å². The second-order valence-corrected chi connectivity index (χ2v) is 3.13. The first-order chi connectivity index (χ1) is 7.20. The SMILES string of the molecule is COc1ccc(-n2nc(N)nc2C)cc1. The summed E-state index contributed by atoms with van der Waals surface area (Å²) in [5, 5.41) is 4.08. The molecule has 5 nitrogen and oxygen atoms in total. The zero-order valence-corrected chi connectivity index (χ0v) is 8.64. The molecule has 1 aromatic heterocycles. The smallest absolute Gasteiger partial charge is 0.240 e. The molecule has 0 amide bonds. The molecule has 2 rings (SSSR count). The van der Waals surface area contributed by atoms with Crippen LogP contribution >= 0.6 is 0 Å². The Kier molecular flexibility index (Phi) is 2.29. The number of benzene rings is 1. The maximum absolute atomic E-state index is 5.51. The predicted molar refractivity (Wildman–Crippen MR) is 57.1 cm³/mol. The normalized spacial score (nSPS) is 10.3. The van der Waals surface area contributed by atoms with Gasteiger partial charge in [0, 0.05) is 0 Å². The highest BCUT2D eigenvalue weighted by Gasteiger charge is 2.04. The van der Waals surface area contributed by atoms with Gasteiger partial charge in [0.2, 0.25) is 5.95 Å². The number of nitrogen functional groups attached to an aromatic ring is 1. The summed E-state index contributed by atoms with van der Waals surface area (Å²) in [6, 6.07) is 7.54. The van der Waals surface area contributed by atoms with Gasteiger partial charge in [-0.1, -0.05) is 0 Å². The van der Waals surface area contributed by atoms with Gasteiger partial charge in [-0.15, -0.1) is 5.10 Å². The lowest BCUT2D eigenvalue weighted by Gasteiger charge is -2.03. The minimum atomic E-state index is 0.281. The van der Waals surface area contributed by atoms with Crippen molar-refractivity contribution in [2.75, 3.05) is 12.8 Å². The van der Waals surface area contributed by atoms with Gasteiger partial charge < -0.3 is 10.5 Å². The lowest BCUT2D eigenvalue weighted by Crippen LogP contribution is -1.99. The summed E-state index contributed by atoms with van der Waals surface area (Å²) < 4.78 is 6.76. The third-order valence-corrected chi connectivity index (χ3v) is 2.10. The minimum Gasteiger partial charge on any atom is -0.497 e. The Labute approximate surface area is 87.5 Å². The largest absolute Gasteiger partial charge is 0.497 e. The Bertz CT molecular complexity index is 461. The zero-order valence-electron chi connectivity index (χ0n) is 8.64. The zero-order chi connectivity index (χ0) is 10.8. The topological polar surface area (TPSA) is 66.0 Å². The highest BCUT2D eigenvalue weighted by molar-refractivity contribution is 5.38. The van der Waals surface area contributed by atoms with E-state index in [1.165, 1.54) is 0 Å². The maximum Gasteiger partial charge on any atom is 0.240 e. The lowest BCUT2D eigenvalue weighted by atomic mass is 10.3. The van der Waals surface area contributed by atoms with Crippen molar-refractivity contribution in [3.63, 3.8) is 0 Å². The summed E-state index contributed by atoms with van der Waals surface area (Å²) in [7, 11) is 1.63. The fourth-order valence-electron chi connectivity index (χ4n) is 1.38. The molecule has 1 heterocycles. The number of aryl methyl sites for hydroxylation is 1. The molecule has 0 aliphatic carbocycles. The van der Waals surface area contributed by atoms with Gasteiger partial charge >= 0.3 is 0 Å². The predicted octanol–water partition coefficient (Wildman–Crippen LogP) is 1.17. The van der Waals surface area contributed by atoms with E-state index in [0.29, 0.717) is 0 Å². The molecule has 0 saturated heterocycles. The van der Waals surface area contributed by atoms with Crippen molar-refractivity contribution >= 4 is 5.95 Å². The number of nitrogens with zero attached hydrogens (tertiary/aromatic N) is 3. The van der Waals surface area contributed by atoms with E-state index < -0.39 is 0 Å². The summed E-state index contributed by atoms with van der Waals surface area (Å²) in [6.45, 7) is 1.85. The second-order valence-electron chi connectivity index (χ2n) is 3.13. The van der Waals surface area contributed by atoms with Crippen LogP contribution in [0.25, 0.3) is 5.69 Å². The summed E-state index contributed by atoms with van der Waals surface area (Å²) >= 11 is 0. The Morgan fingerprint density at radius 3 is 2.40 bits per heavy atom. The Morgan fingerprint density at radius 1 is 1.27 bits per heavy atom. The van der Waals surface area contributed by atoms with Gasteiger partial charge in [0.05, 0.1) is 12.8 Å². The van der Waals surface area contributed by atoms with Crippen molar-refractivity contribution in [2.24, 2.45) is 0 Å². The Morgan fingerprint density at radius 2 is 1.93 bits per heavy atom. The van der Waals surface area contributed by atoms with E-state index in [4.69, 9.17) is 10.5 Å². The second kappa shape index (κ2) is 3.61. The van der Waals surface area contributed by atoms with Crippen LogP contribution in [-0.4, -0.2) is 21.9 Å². The van der Waals surface area contributed by atoms with Crippen LogP contribution in [0.1, 0.15) is 5.82 Å². The summed E-state index contributed by atoms with van der Waals surface area (Å²) in [6.07, 6.45) is 0. The van der Waals surface area contributed by atoms with Gasteiger partial charge in [-0.25, -0.2) is 4.68 Å². The number of methoxy groups -OCH3 is 1. The van der Waals surface area contributed by atoms with E-state index in [-0.39, 0.29) is 5.95 Å². The van der Waals surface area contributed by atoms with Gasteiger partial charge in [-0.2, -0.15) is 4.98 Å². The molecule has 0 aliphatic rings. The number of nitrogens with two attached hydrogens (primary N) is 1. The molecule has 1 aromatic carbocycles. The van der Waals surface area contributed by atoms with Crippen molar-refractivity contribution in [1.29, 1.82) is 0 Å². The number of aromatic nitrogens is 3. The Balaban J connectivity index is 2.41. The number of rotatable bonds is 2. The fraction of sp³-hybridized carbons (Fsp3) is 0.200. The quantitative estimate of drug-likeness (QED) is 0.797. The van der Waals surface area contributed by atoms with E-state index in [1.54, 1.807) is 11.8 Å². The van der Waals surface area contributed by atoms with E-state index in [0.717, 1.165) is 17.3 Å². The molecule has 0 saturated carbocycles. The lowest BCUT2D eigenvalue weighted by molar-refractivity contribution is 0.414. The maximum atomic E-state index is 5.51. The molecule has 5 heteroatoms. The highest BCUT2D eigenvalue weighted by Crippen LogP contribution is 2.15. The molecule has 15 heavy (non-hydrogen) atoms. The molecule has 0 bridgehead atoms. The molecular formula is C10H12N4O. The third kappa shape index (κ3) is 1.76. The summed E-state index contributed by atoms with van der Waals surface area (Å²) in [5.74, 6) is 1.85. The van der Waals surface area contributed by atoms with E-state index >= 15 is 0 Å². The standard InChI is InChI=1S/C10H12N4O/c1-7-12-10(11)13-14(7)8-3-5-9(15-2)6-4-8/h3-6H,1-2H3,(H2,11,13). The van der Waals surface area contributed by atoms with E-state index in [9.17, 15) is 0 Å². The first-order valence-corrected chi connectivity index (χ1v) is 4.54.